The Hall–Kier alpha value is -3.59. The summed E-state index contributed by atoms with van der Waals surface area (Å²) in [5.41, 5.74) is 1.28. The number of esters is 2. The minimum absolute atomic E-state index is 0.0388. The van der Waals surface area contributed by atoms with Gasteiger partial charge in [-0.15, -0.1) is 0 Å². The van der Waals surface area contributed by atoms with Crippen LogP contribution in [0.2, 0.25) is 5.02 Å². The van der Waals surface area contributed by atoms with Gasteiger partial charge in [0.2, 0.25) is 5.91 Å². The lowest BCUT2D eigenvalue weighted by molar-refractivity contribution is -0.151. The van der Waals surface area contributed by atoms with E-state index < -0.39 is 30.4 Å². The molecule has 0 bridgehead atoms. The minimum Gasteiger partial charge on any atom is -0.495 e. The molecule has 0 aromatic heterocycles. The predicted molar refractivity (Wildman–Crippen MR) is 125 cm³/mol. The third-order valence-electron chi connectivity index (χ3n) is 5.09. The molecule has 1 atom stereocenters. The molecule has 10 heteroatoms. The second-order valence-corrected chi connectivity index (χ2v) is 8.03. The van der Waals surface area contributed by atoms with E-state index in [2.05, 4.69) is 5.32 Å². The normalized spacial score (nSPS) is 15.1. The zero-order valence-corrected chi connectivity index (χ0v) is 19.6. The number of hydrogen-bond acceptors (Lipinski definition) is 7. The molecule has 1 fully saturated rings. The van der Waals surface area contributed by atoms with Gasteiger partial charge in [-0.2, -0.15) is 0 Å². The fourth-order valence-corrected chi connectivity index (χ4v) is 3.56. The molecular weight excluding hydrogens is 464 g/mol. The molecule has 2 aromatic carbocycles. The monoisotopic (exact) mass is 488 g/mol. The van der Waals surface area contributed by atoms with Crippen molar-refractivity contribution in [1.29, 1.82) is 0 Å². The highest BCUT2D eigenvalue weighted by atomic mass is 35.5. The van der Waals surface area contributed by atoms with Crippen molar-refractivity contribution < 1.29 is 33.4 Å². The number of halogens is 1. The maximum Gasteiger partial charge on any atom is 0.338 e. The van der Waals surface area contributed by atoms with Gasteiger partial charge in [-0.25, -0.2) is 4.79 Å². The van der Waals surface area contributed by atoms with E-state index in [0.29, 0.717) is 34.3 Å². The summed E-state index contributed by atoms with van der Waals surface area (Å²) in [7, 11) is 1.45. The number of rotatable bonds is 9. The second kappa shape index (κ2) is 11.5. The Morgan fingerprint density at radius 2 is 1.85 bits per heavy atom. The van der Waals surface area contributed by atoms with E-state index in [9.17, 15) is 19.2 Å². The quantitative estimate of drug-likeness (QED) is 0.538. The number of carbonyl (C=O) groups is 4. The van der Waals surface area contributed by atoms with Crippen molar-refractivity contribution in [3.63, 3.8) is 0 Å². The molecule has 1 heterocycles. The highest BCUT2D eigenvalue weighted by molar-refractivity contribution is 6.31. The first kappa shape index (κ1) is 25.0. The van der Waals surface area contributed by atoms with E-state index in [-0.39, 0.29) is 18.9 Å². The van der Waals surface area contributed by atoms with Crippen LogP contribution in [0.4, 0.5) is 11.4 Å². The van der Waals surface area contributed by atoms with E-state index in [4.69, 9.17) is 25.8 Å². The van der Waals surface area contributed by atoms with Crippen LogP contribution in [0, 0.1) is 5.92 Å². The molecule has 0 saturated carbocycles. The summed E-state index contributed by atoms with van der Waals surface area (Å²) in [5.74, 6) is -2.21. The first-order valence-electron chi connectivity index (χ1n) is 10.7. The zero-order valence-electron chi connectivity index (χ0n) is 18.8. The molecule has 1 N–H and O–H groups in total. The van der Waals surface area contributed by atoms with Crippen LogP contribution in [0.25, 0.3) is 0 Å². The standard InChI is InChI=1S/C24H25ClN2O7/c1-3-10-33-23(30)15-4-7-18(8-5-15)27-13-16(11-22(27)29)24(31)34-14-21(28)26-19-12-17(25)6-9-20(19)32-2/h4-9,12,16H,3,10-11,13-14H2,1-2H3,(H,26,28). The average Bonchev–Trinajstić information content (AvgIpc) is 3.23. The van der Waals surface area contributed by atoms with Gasteiger partial charge in [0.25, 0.3) is 5.91 Å². The Morgan fingerprint density at radius 3 is 2.53 bits per heavy atom. The summed E-state index contributed by atoms with van der Waals surface area (Å²) < 4.78 is 15.4. The molecule has 1 aliphatic rings. The maximum atomic E-state index is 12.5. The number of nitrogens with zero attached hydrogens (tertiary/aromatic N) is 1. The number of ether oxygens (including phenoxy) is 3. The first-order chi connectivity index (χ1) is 16.3. The van der Waals surface area contributed by atoms with E-state index in [0.717, 1.165) is 6.42 Å². The molecular formula is C24H25ClN2O7. The Balaban J connectivity index is 1.53. The van der Waals surface area contributed by atoms with Gasteiger partial charge in [-0.3, -0.25) is 14.4 Å². The van der Waals surface area contributed by atoms with Crippen LogP contribution < -0.4 is 15.0 Å². The van der Waals surface area contributed by atoms with Crippen LogP contribution in [0.5, 0.6) is 5.75 Å². The largest absolute Gasteiger partial charge is 0.495 e. The van der Waals surface area contributed by atoms with Crippen molar-refractivity contribution in [3.8, 4) is 5.75 Å². The second-order valence-electron chi connectivity index (χ2n) is 7.59. The van der Waals surface area contributed by atoms with Gasteiger partial charge in [0.1, 0.15) is 5.75 Å². The number of hydrogen-bond donors (Lipinski definition) is 1. The summed E-state index contributed by atoms with van der Waals surface area (Å²) in [4.78, 5) is 50.5. The number of anilines is 2. The number of methoxy groups -OCH3 is 1. The number of nitrogens with one attached hydrogen (secondary N) is 1. The van der Waals surface area contributed by atoms with Gasteiger partial charge >= 0.3 is 11.9 Å². The van der Waals surface area contributed by atoms with Crippen LogP contribution in [0.15, 0.2) is 42.5 Å². The van der Waals surface area contributed by atoms with Crippen molar-refractivity contribution in [2.24, 2.45) is 5.92 Å². The number of amides is 2. The summed E-state index contributed by atoms with van der Waals surface area (Å²) in [5, 5.41) is 2.98. The Labute approximate surface area is 201 Å². The molecule has 0 radical (unpaired) electrons. The zero-order chi connectivity index (χ0) is 24.7. The van der Waals surface area contributed by atoms with E-state index in [1.54, 1.807) is 36.4 Å². The number of benzene rings is 2. The fraction of sp³-hybridized carbons (Fsp3) is 0.333. The van der Waals surface area contributed by atoms with E-state index >= 15 is 0 Å². The van der Waals surface area contributed by atoms with Crippen molar-refractivity contribution in [1.82, 2.24) is 0 Å². The molecule has 1 saturated heterocycles. The third kappa shape index (κ3) is 6.26. The van der Waals surface area contributed by atoms with Crippen molar-refractivity contribution in [2.45, 2.75) is 19.8 Å². The molecule has 0 spiro atoms. The summed E-state index contributed by atoms with van der Waals surface area (Å²) >= 11 is 5.94. The molecule has 1 aliphatic heterocycles. The average molecular weight is 489 g/mol. The topological polar surface area (TPSA) is 111 Å². The molecule has 9 nitrogen and oxygen atoms in total. The Bertz CT molecular complexity index is 1070. The lowest BCUT2D eigenvalue weighted by atomic mass is 10.1. The van der Waals surface area contributed by atoms with E-state index in [1.165, 1.54) is 18.1 Å². The van der Waals surface area contributed by atoms with Crippen molar-refractivity contribution in [2.75, 3.05) is 37.1 Å². The molecule has 0 aliphatic carbocycles. The van der Waals surface area contributed by atoms with Crippen LogP contribution in [-0.2, 0) is 23.9 Å². The molecule has 2 amide bonds. The summed E-state index contributed by atoms with van der Waals surface area (Å²) in [6.07, 6.45) is 0.683. The lowest BCUT2D eigenvalue weighted by Crippen LogP contribution is -2.28. The van der Waals surface area contributed by atoms with Crippen LogP contribution in [-0.4, -0.2) is 50.6 Å². The molecule has 34 heavy (non-hydrogen) atoms. The fourth-order valence-electron chi connectivity index (χ4n) is 3.39. The van der Waals surface area contributed by atoms with Gasteiger partial charge in [0, 0.05) is 23.7 Å². The summed E-state index contributed by atoms with van der Waals surface area (Å²) in [6.45, 7) is 1.83. The van der Waals surface area contributed by atoms with Crippen LogP contribution in [0.1, 0.15) is 30.1 Å². The van der Waals surface area contributed by atoms with Gasteiger partial charge in [-0.1, -0.05) is 18.5 Å². The summed E-state index contributed by atoms with van der Waals surface area (Å²) in [6, 6.07) is 11.1. The van der Waals surface area contributed by atoms with Crippen molar-refractivity contribution >= 4 is 46.7 Å². The predicted octanol–water partition coefficient (Wildman–Crippen LogP) is 3.45. The Morgan fingerprint density at radius 1 is 1.12 bits per heavy atom. The molecule has 2 aromatic rings. The third-order valence-corrected chi connectivity index (χ3v) is 5.33. The molecule has 1 unspecified atom stereocenters. The van der Waals surface area contributed by atoms with Gasteiger partial charge in [-0.05, 0) is 48.9 Å². The highest BCUT2D eigenvalue weighted by Gasteiger charge is 2.36. The van der Waals surface area contributed by atoms with Gasteiger partial charge < -0.3 is 24.4 Å². The van der Waals surface area contributed by atoms with Gasteiger partial charge in [0.15, 0.2) is 6.61 Å². The van der Waals surface area contributed by atoms with Gasteiger partial charge in [0.05, 0.1) is 30.9 Å². The number of carbonyl (C=O) groups excluding carboxylic acids is 4. The van der Waals surface area contributed by atoms with E-state index in [1.807, 2.05) is 6.92 Å². The first-order valence-corrected chi connectivity index (χ1v) is 11.1. The highest BCUT2D eigenvalue weighted by Crippen LogP contribution is 2.28. The van der Waals surface area contributed by atoms with Crippen molar-refractivity contribution in [3.05, 3.63) is 53.1 Å². The minimum atomic E-state index is -0.713. The van der Waals surface area contributed by atoms with Crippen LogP contribution in [0.3, 0.4) is 0 Å². The Kier molecular flexibility index (Phi) is 8.48. The molecule has 3 rings (SSSR count). The maximum absolute atomic E-state index is 12.5. The lowest BCUT2D eigenvalue weighted by Gasteiger charge is -2.17. The SMILES string of the molecule is CCCOC(=O)c1ccc(N2CC(C(=O)OCC(=O)Nc3cc(Cl)ccc3OC)CC2=O)cc1. The van der Waals surface area contributed by atoms with Crippen LogP contribution >= 0.6 is 11.6 Å². The molecule has 180 valence electrons. The smallest absolute Gasteiger partial charge is 0.338 e.